The molecule has 0 spiro atoms. The van der Waals surface area contributed by atoms with Gasteiger partial charge in [-0.05, 0) is 52.8 Å². The minimum Gasteiger partial charge on any atom is -0.207 e. The predicted octanol–water partition coefficient (Wildman–Crippen LogP) is 5.45. The van der Waals surface area contributed by atoms with Gasteiger partial charge in [-0.3, -0.25) is 0 Å². The van der Waals surface area contributed by atoms with Crippen LogP contribution in [0.1, 0.15) is 16.0 Å². The molecule has 1 aromatic heterocycles. The van der Waals surface area contributed by atoms with Gasteiger partial charge in [-0.25, -0.2) is 4.39 Å². The molecule has 0 saturated carbocycles. The second-order valence-electron chi connectivity index (χ2n) is 4.91. The maximum Gasteiger partial charge on any atom is 0.123 e. The Morgan fingerprint density at radius 3 is 2.45 bits per heavy atom. The lowest BCUT2D eigenvalue weighted by Crippen LogP contribution is -1.88. The third kappa shape index (κ3) is 2.81. The van der Waals surface area contributed by atoms with Crippen molar-refractivity contribution in [1.82, 2.24) is 0 Å². The highest BCUT2D eigenvalue weighted by Crippen LogP contribution is 2.27. The molecule has 0 nitrogen and oxygen atoms in total. The fraction of sp³-hybridized carbons (Fsp3) is 0.111. The SMILES string of the molecule is Cc1ccccc1Cc1cc(-c2ccc(F)cc2)cs1. The quantitative estimate of drug-likeness (QED) is 0.599. The molecule has 3 aromatic rings. The predicted molar refractivity (Wildman–Crippen MR) is 83.7 cm³/mol. The van der Waals surface area contributed by atoms with E-state index in [4.69, 9.17) is 0 Å². The molecule has 0 saturated heterocycles. The molecule has 0 aliphatic heterocycles. The molecule has 100 valence electrons. The highest BCUT2D eigenvalue weighted by atomic mass is 32.1. The standard InChI is InChI=1S/C18H15FS/c1-13-4-2-3-5-15(13)10-18-11-16(12-20-18)14-6-8-17(19)9-7-14/h2-9,11-12H,10H2,1H3. The molecule has 0 unspecified atom stereocenters. The highest BCUT2D eigenvalue weighted by Gasteiger charge is 2.05. The van der Waals surface area contributed by atoms with Crippen LogP contribution < -0.4 is 0 Å². The number of hydrogen-bond donors (Lipinski definition) is 0. The third-order valence-electron chi connectivity index (χ3n) is 3.46. The van der Waals surface area contributed by atoms with E-state index in [0.717, 1.165) is 12.0 Å². The Balaban J connectivity index is 1.84. The highest BCUT2D eigenvalue weighted by molar-refractivity contribution is 7.10. The van der Waals surface area contributed by atoms with E-state index in [9.17, 15) is 4.39 Å². The van der Waals surface area contributed by atoms with Crippen molar-refractivity contribution in [2.45, 2.75) is 13.3 Å². The number of benzene rings is 2. The summed E-state index contributed by atoms with van der Waals surface area (Å²) in [6, 6.07) is 17.3. The first-order chi connectivity index (χ1) is 9.72. The monoisotopic (exact) mass is 282 g/mol. The van der Waals surface area contributed by atoms with Crippen molar-refractivity contribution in [3.05, 3.63) is 81.8 Å². The van der Waals surface area contributed by atoms with Crippen molar-refractivity contribution < 1.29 is 4.39 Å². The van der Waals surface area contributed by atoms with Crippen LogP contribution in [0.25, 0.3) is 11.1 Å². The first-order valence-electron chi connectivity index (χ1n) is 6.60. The summed E-state index contributed by atoms with van der Waals surface area (Å²) >= 11 is 1.76. The van der Waals surface area contributed by atoms with Crippen LogP contribution in [0.15, 0.2) is 60.0 Å². The molecule has 0 aliphatic rings. The van der Waals surface area contributed by atoms with E-state index in [-0.39, 0.29) is 5.82 Å². The lowest BCUT2D eigenvalue weighted by atomic mass is 10.0. The maximum atomic E-state index is 12.9. The Morgan fingerprint density at radius 1 is 0.950 bits per heavy atom. The summed E-state index contributed by atoms with van der Waals surface area (Å²) in [4.78, 5) is 1.33. The van der Waals surface area contributed by atoms with Crippen LogP contribution in [-0.2, 0) is 6.42 Å². The van der Waals surface area contributed by atoms with E-state index in [1.165, 1.54) is 33.7 Å². The molecule has 1 heterocycles. The minimum atomic E-state index is -0.191. The molecule has 0 bridgehead atoms. The molecule has 2 aromatic carbocycles. The van der Waals surface area contributed by atoms with Crippen LogP contribution >= 0.6 is 11.3 Å². The molecular formula is C18H15FS. The second-order valence-corrected chi connectivity index (χ2v) is 5.91. The molecular weight excluding hydrogens is 267 g/mol. The zero-order valence-electron chi connectivity index (χ0n) is 11.3. The number of rotatable bonds is 3. The smallest absolute Gasteiger partial charge is 0.123 e. The summed E-state index contributed by atoms with van der Waals surface area (Å²) in [5.74, 6) is -0.191. The Labute approximate surface area is 122 Å². The molecule has 2 heteroatoms. The summed E-state index contributed by atoms with van der Waals surface area (Å²) < 4.78 is 12.9. The van der Waals surface area contributed by atoms with Crippen molar-refractivity contribution in [2.75, 3.05) is 0 Å². The third-order valence-corrected chi connectivity index (χ3v) is 4.39. The van der Waals surface area contributed by atoms with Crippen molar-refractivity contribution in [2.24, 2.45) is 0 Å². The Bertz CT molecular complexity index is 710. The van der Waals surface area contributed by atoms with E-state index in [2.05, 4.69) is 42.6 Å². The topological polar surface area (TPSA) is 0 Å². The normalized spacial score (nSPS) is 10.7. The fourth-order valence-electron chi connectivity index (χ4n) is 2.26. The Hall–Kier alpha value is -1.93. The molecule has 0 radical (unpaired) electrons. The van der Waals surface area contributed by atoms with Crippen LogP contribution in [0.4, 0.5) is 4.39 Å². The van der Waals surface area contributed by atoms with Gasteiger partial charge in [0.05, 0.1) is 0 Å². The van der Waals surface area contributed by atoms with Gasteiger partial charge < -0.3 is 0 Å². The van der Waals surface area contributed by atoms with Gasteiger partial charge in [0.15, 0.2) is 0 Å². The second kappa shape index (κ2) is 5.59. The number of halogens is 1. The Kier molecular flexibility index (Phi) is 3.66. The lowest BCUT2D eigenvalue weighted by molar-refractivity contribution is 0.628. The molecule has 20 heavy (non-hydrogen) atoms. The van der Waals surface area contributed by atoms with E-state index >= 15 is 0 Å². The fourth-order valence-corrected chi connectivity index (χ4v) is 3.18. The minimum absolute atomic E-state index is 0.191. The van der Waals surface area contributed by atoms with Crippen LogP contribution in [0.5, 0.6) is 0 Å². The molecule has 0 N–H and O–H groups in total. The van der Waals surface area contributed by atoms with Gasteiger partial charge in [-0.15, -0.1) is 11.3 Å². The van der Waals surface area contributed by atoms with Gasteiger partial charge in [0, 0.05) is 11.3 Å². The maximum absolute atomic E-state index is 12.9. The first kappa shape index (κ1) is 13.1. The molecule has 0 aliphatic carbocycles. The van der Waals surface area contributed by atoms with Crippen molar-refractivity contribution in [3.8, 4) is 11.1 Å². The average Bonchev–Trinajstić information content (AvgIpc) is 2.91. The summed E-state index contributed by atoms with van der Waals surface area (Å²) in [6.45, 7) is 2.14. The van der Waals surface area contributed by atoms with Crippen LogP contribution in [0.3, 0.4) is 0 Å². The number of hydrogen-bond acceptors (Lipinski definition) is 1. The van der Waals surface area contributed by atoms with Crippen LogP contribution in [0.2, 0.25) is 0 Å². The largest absolute Gasteiger partial charge is 0.207 e. The average molecular weight is 282 g/mol. The van der Waals surface area contributed by atoms with Gasteiger partial charge in [0.25, 0.3) is 0 Å². The first-order valence-corrected chi connectivity index (χ1v) is 7.48. The summed E-state index contributed by atoms with van der Waals surface area (Å²) in [5.41, 5.74) is 4.92. The van der Waals surface area contributed by atoms with Gasteiger partial charge in [0.1, 0.15) is 5.82 Å². The van der Waals surface area contributed by atoms with Crippen molar-refractivity contribution in [1.29, 1.82) is 0 Å². The van der Waals surface area contributed by atoms with Crippen LogP contribution in [0, 0.1) is 12.7 Å². The van der Waals surface area contributed by atoms with Crippen LogP contribution in [-0.4, -0.2) is 0 Å². The van der Waals surface area contributed by atoms with E-state index in [0.29, 0.717) is 0 Å². The Morgan fingerprint density at radius 2 is 1.70 bits per heavy atom. The molecule has 0 fully saturated rings. The van der Waals surface area contributed by atoms with Gasteiger partial charge in [-0.2, -0.15) is 0 Å². The number of aryl methyl sites for hydroxylation is 1. The van der Waals surface area contributed by atoms with Crippen molar-refractivity contribution >= 4 is 11.3 Å². The van der Waals surface area contributed by atoms with E-state index in [1.807, 2.05) is 12.1 Å². The summed E-state index contributed by atoms with van der Waals surface area (Å²) in [7, 11) is 0. The summed E-state index contributed by atoms with van der Waals surface area (Å²) in [6.07, 6.45) is 0.957. The molecule has 0 atom stereocenters. The zero-order valence-corrected chi connectivity index (χ0v) is 12.1. The van der Waals surface area contributed by atoms with E-state index < -0.39 is 0 Å². The van der Waals surface area contributed by atoms with Gasteiger partial charge in [-0.1, -0.05) is 36.4 Å². The van der Waals surface area contributed by atoms with E-state index in [1.54, 1.807) is 11.3 Å². The summed E-state index contributed by atoms with van der Waals surface area (Å²) in [5, 5.41) is 2.14. The number of thiophene rings is 1. The zero-order chi connectivity index (χ0) is 13.9. The van der Waals surface area contributed by atoms with Crippen molar-refractivity contribution in [3.63, 3.8) is 0 Å². The lowest BCUT2D eigenvalue weighted by Gasteiger charge is -2.03. The van der Waals surface area contributed by atoms with Gasteiger partial charge in [0.2, 0.25) is 0 Å². The molecule has 0 amide bonds. The van der Waals surface area contributed by atoms with Gasteiger partial charge >= 0.3 is 0 Å². The molecule has 3 rings (SSSR count).